The molecule has 3 aromatic rings. The third-order valence-electron chi connectivity index (χ3n) is 5.98. The van der Waals surface area contributed by atoms with Crippen LogP contribution in [0.1, 0.15) is 30.0 Å². The lowest BCUT2D eigenvalue weighted by molar-refractivity contribution is -0.149. The number of hydrogen-bond donors (Lipinski definition) is 1. The number of carbonyl (C=O) groups is 2. The summed E-state index contributed by atoms with van der Waals surface area (Å²) >= 11 is 12.2. The molecule has 39 heavy (non-hydrogen) atoms. The number of aryl methyl sites for hydroxylation is 2. The molecule has 0 aliphatic rings. The van der Waals surface area contributed by atoms with Crippen LogP contribution in [-0.2, 0) is 22.4 Å². The van der Waals surface area contributed by atoms with Gasteiger partial charge in [0.2, 0.25) is 0 Å². The minimum Gasteiger partial charge on any atom is -0.492 e. The molecule has 0 aliphatic carbocycles. The normalized spacial score (nSPS) is 11.6. The van der Waals surface area contributed by atoms with E-state index in [9.17, 15) is 14.7 Å². The number of carboxylic acid groups (broad SMARTS) is 1. The first kappa shape index (κ1) is 30.3. The fourth-order valence-corrected chi connectivity index (χ4v) is 4.55. The Hall–Kier alpha value is -3.26. The SMILES string of the molecule is CCOC(Cc1ccc(OCCN(CCCc2cc(Cl)cc(Cl)c2)C(=O)Oc2ccccc2C)cc1)C(=O)O. The summed E-state index contributed by atoms with van der Waals surface area (Å²) in [7, 11) is 0. The molecule has 0 aromatic heterocycles. The predicted octanol–water partition coefficient (Wildman–Crippen LogP) is 6.85. The molecule has 1 unspecified atom stereocenters. The van der Waals surface area contributed by atoms with Crippen LogP contribution in [-0.4, -0.2) is 54.5 Å². The largest absolute Gasteiger partial charge is 0.492 e. The van der Waals surface area contributed by atoms with Gasteiger partial charge >= 0.3 is 12.1 Å². The van der Waals surface area contributed by atoms with E-state index in [0.717, 1.165) is 16.7 Å². The van der Waals surface area contributed by atoms with Gasteiger partial charge in [-0.15, -0.1) is 0 Å². The summed E-state index contributed by atoms with van der Waals surface area (Å²) < 4.78 is 16.8. The minimum absolute atomic E-state index is 0.252. The molecule has 0 radical (unpaired) electrons. The van der Waals surface area contributed by atoms with E-state index in [1.165, 1.54) is 0 Å². The van der Waals surface area contributed by atoms with Gasteiger partial charge in [0.05, 0.1) is 6.54 Å². The molecule has 208 valence electrons. The van der Waals surface area contributed by atoms with E-state index < -0.39 is 18.2 Å². The van der Waals surface area contributed by atoms with Crippen LogP contribution in [0.3, 0.4) is 0 Å². The van der Waals surface area contributed by atoms with Crippen molar-refractivity contribution in [3.05, 3.63) is 93.5 Å². The zero-order valence-corrected chi connectivity index (χ0v) is 23.6. The van der Waals surface area contributed by atoms with Crippen molar-refractivity contribution < 1.29 is 28.9 Å². The van der Waals surface area contributed by atoms with Crippen LogP contribution in [0.4, 0.5) is 4.79 Å². The highest BCUT2D eigenvalue weighted by Gasteiger charge is 2.19. The van der Waals surface area contributed by atoms with Gasteiger partial charge in [-0.2, -0.15) is 0 Å². The molecular weight excluding hydrogens is 541 g/mol. The van der Waals surface area contributed by atoms with Gasteiger partial charge in [-0.05, 0) is 79.8 Å². The Morgan fingerprint density at radius 3 is 2.28 bits per heavy atom. The van der Waals surface area contributed by atoms with Gasteiger partial charge in [-0.3, -0.25) is 0 Å². The van der Waals surface area contributed by atoms with Gasteiger partial charge in [0.25, 0.3) is 0 Å². The second kappa shape index (κ2) is 15.4. The summed E-state index contributed by atoms with van der Waals surface area (Å²) in [5.74, 6) is 0.133. The van der Waals surface area contributed by atoms with Gasteiger partial charge in [0, 0.05) is 29.6 Å². The highest BCUT2D eigenvalue weighted by molar-refractivity contribution is 6.34. The Morgan fingerprint density at radius 1 is 0.949 bits per heavy atom. The van der Waals surface area contributed by atoms with E-state index in [0.29, 0.717) is 54.1 Å². The lowest BCUT2D eigenvalue weighted by Crippen LogP contribution is -2.37. The number of aliphatic carboxylic acids is 1. The molecule has 3 rings (SSSR count). The van der Waals surface area contributed by atoms with Crippen LogP contribution in [0.25, 0.3) is 0 Å². The van der Waals surface area contributed by atoms with Gasteiger partial charge < -0.3 is 24.2 Å². The number of carbonyl (C=O) groups excluding carboxylic acids is 1. The average molecular weight is 575 g/mol. The molecule has 3 aromatic carbocycles. The topological polar surface area (TPSA) is 85.3 Å². The Kier molecular flexibility index (Phi) is 11.9. The Balaban J connectivity index is 1.59. The van der Waals surface area contributed by atoms with E-state index in [-0.39, 0.29) is 13.0 Å². The highest BCUT2D eigenvalue weighted by atomic mass is 35.5. The number of rotatable bonds is 14. The van der Waals surface area contributed by atoms with Crippen molar-refractivity contribution in [2.24, 2.45) is 0 Å². The first-order valence-corrected chi connectivity index (χ1v) is 13.5. The molecule has 1 atom stereocenters. The summed E-state index contributed by atoms with van der Waals surface area (Å²) in [6, 6.07) is 19.9. The smallest absolute Gasteiger partial charge is 0.415 e. The quantitative estimate of drug-likeness (QED) is 0.227. The van der Waals surface area contributed by atoms with Crippen molar-refractivity contribution >= 4 is 35.3 Å². The molecule has 1 amide bonds. The maximum Gasteiger partial charge on any atom is 0.415 e. The summed E-state index contributed by atoms with van der Waals surface area (Å²) in [4.78, 5) is 26.0. The lowest BCUT2D eigenvalue weighted by atomic mass is 10.1. The van der Waals surface area contributed by atoms with Crippen LogP contribution in [0.5, 0.6) is 11.5 Å². The molecule has 1 N–H and O–H groups in total. The van der Waals surface area contributed by atoms with Crippen molar-refractivity contribution in [1.29, 1.82) is 0 Å². The molecule has 0 bridgehead atoms. The van der Waals surface area contributed by atoms with E-state index in [1.807, 2.05) is 49.4 Å². The molecule has 7 nitrogen and oxygen atoms in total. The molecule has 0 saturated heterocycles. The maximum absolute atomic E-state index is 13.1. The van der Waals surface area contributed by atoms with Gasteiger partial charge in [0.1, 0.15) is 18.1 Å². The van der Waals surface area contributed by atoms with E-state index in [1.54, 1.807) is 36.1 Å². The number of ether oxygens (including phenoxy) is 3. The average Bonchev–Trinajstić information content (AvgIpc) is 2.89. The lowest BCUT2D eigenvalue weighted by Gasteiger charge is -2.23. The molecule has 9 heteroatoms. The van der Waals surface area contributed by atoms with Crippen LogP contribution in [0.2, 0.25) is 10.0 Å². The van der Waals surface area contributed by atoms with Gasteiger partial charge in [-0.1, -0.05) is 53.5 Å². The summed E-state index contributed by atoms with van der Waals surface area (Å²) in [6.45, 7) is 4.99. The van der Waals surface area contributed by atoms with Crippen molar-refractivity contribution in [3.8, 4) is 11.5 Å². The molecule has 0 saturated carbocycles. The summed E-state index contributed by atoms with van der Waals surface area (Å²) in [6.07, 6.45) is 0.287. The second-order valence-corrected chi connectivity index (χ2v) is 9.85. The van der Waals surface area contributed by atoms with Gasteiger partial charge in [0.15, 0.2) is 6.10 Å². The monoisotopic (exact) mass is 573 g/mol. The Morgan fingerprint density at radius 2 is 1.64 bits per heavy atom. The van der Waals surface area contributed by atoms with Crippen LogP contribution in [0.15, 0.2) is 66.7 Å². The van der Waals surface area contributed by atoms with E-state index in [4.69, 9.17) is 37.4 Å². The molecule has 0 aliphatic heterocycles. The summed E-state index contributed by atoms with van der Waals surface area (Å²) in [5, 5.41) is 10.4. The molecule has 0 spiro atoms. The molecular formula is C30H33Cl2NO6. The number of halogens is 2. The van der Waals surface area contributed by atoms with Crippen molar-refractivity contribution in [3.63, 3.8) is 0 Å². The number of benzene rings is 3. The standard InChI is InChI=1S/C30H33Cl2NO6/c1-3-37-28(29(34)35)19-22-10-12-26(13-11-22)38-16-15-33(30(36)39-27-9-5-4-7-21(27)2)14-6-8-23-17-24(31)20-25(32)18-23/h4-5,7,9-13,17-18,20,28H,3,6,8,14-16,19H2,1-2H3,(H,34,35). The number of carboxylic acids is 1. The number of amides is 1. The van der Waals surface area contributed by atoms with Crippen LogP contribution >= 0.6 is 23.2 Å². The minimum atomic E-state index is -0.992. The zero-order chi connectivity index (χ0) is 28.2. The Labute approximate surface area is 239 Å². The zero-order valence-electron chi connectivity index (χ0n) is 22.1. The van der Waals surface area contributed by atoms with Crippen LogP contribution < -0.4 is 9.47 Å². The number of nitrogens with zero attached hydrogens (tertiary/aromatic N) is 1. The van der Waals surface area contributed by atoms with Crippen molar-refractivity contribution in [2.75, 3.05) is 26.3 Å². The third-order valence-corrected chi connectivity index (χ3v) is 6.42. The number of hydrogen-bond acceptors (Lipinski definition) is 5. The van der Waals surface area contributed by atoms with Crippen molar-refractivity contribution in [1.82, 2.24) is 4.90 Å². The van der Waals surface area contributed by atoms with E-state index >= 15 is 0 Å². The predicted molar refractivity (Wildman–Crippen MR) is 152 cm³/mol. The fourth-order valence-electron chi connectivity index (χ4n) is 3.98. The van der Waals surface area contributed by atoms with Gasteiger partial charge in [-0.25, -0.2) is 9.59 Å². The second-order valence-electron chi connectivity index (χ2n) is 8.98. The first-order valence-electron chi connectivity index (χ1n) is 12.8. The third kappa shape index (κ3) is 10.1. The van der Waals surface area contributed by atoms with E-state index in [2.05, 4.69) is 0 Å². The van der Waals surface area contributed by atoms with Crippen LogP contribution in [0, 0.1) is 6.92 Å². The maximum atomic E-state index is 13.1. The summed E-state index contributed by atoms with van der Waals surface area (Å²) in [5.41, 5.74) is 2.68. The first-order chi connectivity index (χ1) is 18.7. The van der Waals surface area contributed by atoms with Crippen molar-refractivity contribution in [2.45, 2.75) is 39.2 Å². The molecule has 0 heterocycles. The molecule has 0 fully saturated rings. The fraction of sp³-hybridized carbons (Fsp3) is 0.333. The highest BCUT2D eigenvalue weighted by Crippen LogP contribution is 2.21. The Bertz CT molecular complexity index is 1210. The number of para-hydroxylation sites is 1.